The molecule has 0 saturated carbocycles. The first-order chi connectivity index (χ1) is 10.5. The van der Waals surface area contributed by atoms with E-state index in [9.17, 15) is 8.42 Å². The van der Waals surface area contributed by atoms with E-state index in [1.807, 2.05) is 13.8 Å². The molecule has 0 fully saturated rings. The van der Waals surface area contributed by atoms with Crippen LogP contribution in [0.2, 0.25) is 0 Å². The predicted molar refractivity (Wildman–Crippen MR) is 77.4 cm³/mol. The molecule has 2 heterocycles. The highest BCUT2D eigenvalue weighted by atomic mass is 32.2. The van der Waals surface area contributed by atoms with E-state index in [1.165, 1.54) is 12.1 Å². The Morgan fingerprint density at radius 3 is 2.73 bits per heavy atom. The molecule has 0 radical (unpaired) electrons. The van der Waals surface area contributed by atoms with Gasteiger partial charge in [0.15, 0.2) is 11.5 Å². The van der Waals surface area contributed by atoms with Crippen molar-refractivity contribution in [2.75, 3.05) is 13.3 Å². The normalized spacial score (nSPS) is 13.5. The van der Waals surface area contributed by atoms with Crippen LogP contribution < -0.4 is 14.2 Å². The molecule has 1 aliphatic heterocycles. The highest BCUT2D eigenvalue weighted by Crippen LogP contribution is 2.33. The number of fused-ring (bicyclic) bond motifs is 1. The van der Waals surface area contributed by atoms with Gasteiger partial charge in [-0.1, -0.05) is 5.16 Å². The molecule has 0 saturated heterocycles. The maximum absolute atomic E-state index is 12.3. The van der Waals surface area contributed by atoms with E-state index in [0.29, 0.717) is 23.7 Å². The monoisotopic (exact) mass is 324 g/mol. The van der Waals surface area contributed by atoms with Crippen molar-refractivity contribution in [2.24, 2.45) is 0 Å². The summed E-state index contributed by atoms with van der Waals surface area (Å²) >= 11 is 0. The first kappa shape index (κ1) is 14.9. The molecule has 2 aromatic rings. The fourth-order valence-corrected chi connectivity index (χ4v) is 3.34. The van der Waals surface area contributed by atoms with Crippen LogP contribution in [0, 0.1) is 13.8 Å². The number of aromatic nitrogens is 1. The number of benzene rings is 1. The van der Waals surface area contributed by atoms with Crippen molar-refractivity contribution in [1.82, 2.24) is 9.88 Å². The van der Waals surface area contributed by atoms with Gasteiger partial charge in [0.1, 0.15) is 5.76 Å². The van der Waals surface area contributed by atoms with Crippen LogP contribution in [-0.4, -0.2) is 26.9 Å². The first-order valence-corrected chi connectivity index (χ1v) is 8.27. The third-order valence-electron chi connectivity index (χ3n) is 3.50. The van der Waals surface area contributed by atoms with Gasteiger partial charge < -0.3 is 14.0 Å². The third-order valence-corrected chi connectivity index (χ3v) is 4.96. The zero-order valence-electron chi connectivity index (χ0n) is 12.3. The molecule has 1 aromatic heterocycles. The Balaban J connectivity index is 1.69. The molecule has 0 spiro atoms. The molecule has 0 aliphatic carbocycles. The molecular weight excluding hydrogens is 308 g/mol. The van der Waals surface area contributed by atoms with E-state index in [-0.39, 0.29) is 18.2 Å². The fraction of sp³-hybridized carbons (Fsp3) is 0.357. The number of aryl methyl sites for hydroxylation is 2. The SMILES string of the molecule is Cc1noc(C)c1CCNS(=O)(=O)c1ccc2c(c1)OCO2. The van der Waals surface area contributed by atoms with E-state index in [0.717, 1.165) is 11.3 Å². The molecule has 1 aliphatic rings. The topological polar surface area (TPSA) is 90.7 Å². The smallest absolute Gasteiger partial charge is 0.240 e. The maximum atomic E-state index is 12.3. The highest BCUT2D eigenvalue weighted by Gasteiger charge is 2.20. The maximum Gasteiger partial charge on any atom is 0.240 e. The van der Waals surface area contributed by atoms with Gasteiger partial charge in [-0.3, -0.25) is 0 Å². The Labute approximate surface area is 128 Å². The highest BCUT2D eigenvalue weighted by molar-refractivity contribution is 7.89. The van der Waals surface area contributed by atoms with Crippen LogP contribution in [0.5, 0.6) is 11.5 Å². The zero-order valence-corrected chi connectivity index (χ0v) is 13.1. The minimum Gasteiger partial charge on any atom is -0.454 e. The molecular formula is C14H16N2O5S. The molecule has 0 bridgehead atoms. The lowest BCUT2D eigenvalue weighted by molar-refractivity contribution is 0.174. The van der Waals surface area contributed by atoms with Crippen LogP contribution >= 0.6 is 0 Å². The zero-order chi connectivity index (χ0) is 15.7. The van der Waals surface area contributed by atoms with E-state index < -0.39 is 10.0 Å². The number of nitrogens with one attached hydrogen (secondary N) is 1. The van der Waals surface area contributed by atoms with Crippen LogP contribution in [0.15, 0.2) is 27.6 Å². The van der Waals surface area contributed by atoms with Gasteiger partial charge in [0.2, 0.25) is 16.8 Å². The fourth-order valence-electron chi connectivity index (χ4n) is 2.30. The van der Waals surface area contributed by atoms with Crippen molar-refractivity contribution < 1.29 is 22.4 Å². The number of hydrogen-bond donors (Lipinski definition) is 1. The molecule has 0 unspecified atom stereocenters. The Morgan fingerprint density at radius 2 is 2.00 bits per heavy atom. The van der Waals surface area contributed by atoms with Gasteiger partial charge in [-0.25, -0.2) is 13.1 Å². The molecule has 3 rings (SSSR count). The molecule has 0 atom stereocenters. The summed E-state index contributed by atoms with van der Waals surface area (Å²) in [7, 11) is -3.60. The number of sulfonamides is 1. The Kier molecular flexibility index (Phi) is 3.79. The Morgan fingerprint density at radius 1 is 1.23 bits per heavy atom. The number of ether oxygens (including phenoxy) is 2. The lowest BCUT2D eigenvalue weighted by Crippen LogP contribution is -2.26. The predicted octanol–water partition coefficient (Wildman–Crippen LogP) is 1.54. The average Bonchev–Trinajstić information content (AvgIpc) is 3.07. The number of hydrogen-bond acceptors (Lipinski definition) is 6. The van der Waals surface area contributed by atoms with Crippen molar-refractivity contribution in [2.45, 2.75) is 25.2 Å². The second-order valence-corrected chi connectivity index (χ2v) is 6.73. The van der Waals surface area contributed by atoms with E-state index in [1.54, 1.807) is 6.07 Å². The second-order valence-electron chi connectivity index (χ2n) is 4.97. The summed E-state index contributed by atoms with van der Waals surface area (Å²) in [5.74, 6) is 1.70. The largest absolute Gasteiger partial charge is 0.454 e. The number of nitrogens with zero attached hydrogens (tertiary/aromatic N) is 1. The summed E-state index contributed by atoms with van der Waals surface area (Å²) in [6.07, 6.45) is 0.519. The molecule has 1 aromatic carbocycles. The summed E-state index contributed by atoms with van der Waals surface area (Å²) in [5, 5.41) is 3.85. The first-order valence-electron chi connectivity index (χ1n) is 6.78. The van der Waals surface area contributed by atoms with Crippen LogP contribution in [0.25, 0.3) is 0 Å². The quantitative estimate of drug-likeness (QED) is 0.897. The molecule has 8 heteroatoms. The van der Waals surface area contributed by atoms with Gasteiger partial charge in [-0.2, -0.15) is 0 Å². The van der Waals surface area contributed by atoms with Gasteiger partial charge in [0, 0.05) is 18.2 Å². The summed E-state index contributed by atoms with van der Waals surface area (Å²) in [5.41, 5.74) is 1.70. The van der Waals surface area contributed by atoms with Crippen molar-refractivity contribution in [3.05, 3.63) is 35.2 Å². The van der Waals surface area contributed by atoms with E-state index in [2.05, 4.69) is 9.88 Å². The summed E-state index contributed by atoms with van der Waals surface area (Å²) < 4.78 is 42.6. The lowest BCUT2D eigenvalue weighted by Gasteiger charge is -2.07. The third kappa shape index (κ3) is 2.79. The standard InChI is InChI=1S/C14H16N2O5S/c1-9-12(10(2)21-16-9)5-6-15-22(17,18)11-3-4-13-14(7-11)20-8-19-13/h3-4,7,15H,5-6,8H2,1-2H3. The van der Waals surface area contributed by atoms with Crippen LogP contribution in [-0.2, 0) is 16.4 Å². The van der Waals surface area contributed by atoms with Gasteiger partial charge in [0.05, 0.1) is 10.6 Å². The minimum absolute atomic E-state index is 0.109. The summed E-state index contributed by atoms with van der Waals surface area (Å²) in [4.78, 5) is 0.149. The van der Waals surface area contributed by atoms with E-state index in [4.69, 9.17) is 14.0 Å². The van der Waals surface area contributed by atoms with Gasteiger partial charge in [-0.15, -0.1) is 0 Å². The second kappa shape index (κ2) is 5.62. The van der Waals surface area contributed by atoms with Crippen LogP contribution in [0.1, 0.15) is 17.0 Å². The van der Waals surface area contributed by atoms with Crippen LogP contribution in [0.3, 0.4) is 0 Å². The minimum atomic E-state index is -3.60. The van der Waals surface area contributed by atoms with Crippen molar-refractivity contribution in [3.8, 4) is 11.5 Å². The van der Waals surface area contributed by atoms with Gasteiger partial charge in [-0.05, 0) is 32.4 Å². The van der Waals surface area contributed by atoms with Crippen LogP contribution in [0.4, 0.5) is 0 Å². The average molecular weight is 324 g/mol. The van der Waals surface area contributed by atoms with Crippen molar-refractivity contribution >= 4 is 10.0 Å². The molecule has 0 amide bonds. The van der Waals surface area contributed by atoms with Gasteiger partial charge in [0.25, 0.3) is 0 Å². The Hall–Kier alpha value is -2.06. The molecule has 7 nitrogen and oxygen atoms in total. The Bertz CT molecular complexity index is 778. The lowest BCUT2D eigenvalue weighted by atomic mass is 10.1. The summed E-state index contributed by atoms with van der Waals surface area (Å²) in [6, 6.07) is 4.54. The summed E-state index contributed by atoms with van der Waals surface area (Å²) in [6.45, 7) is 4.01. The number of rotatable bonds is 5. The van der Waals surface area contributed by atoms with Crippen molar-refractivity contribution in [1.29, 1.82) is 0 Å². The van der Waals surface area contributed by atoms with E-state index >= 15 is 0 Å². The van der Waals surface area contributed by atoms with Gasteiger partial charge >= 0.3 is 0 Å². The molecule has 22 heavy (non-hydrogen) atoms. The molecule has 1 N–H and O–H groups in total. The van der Waals surface area contributed by atoms with Crippen molar-refractivity contribution in [3.63, 3.8) is 0 Å². The molecule has 118 valence electrons.